The summed E-state index contributed by atoms with van der Waals surface area (Å²) in [6.45, 7) is 2.32. The van der Waals surface area contributed by atoms with Crippen LogP contribution in [0, 0.1) is 15.9 Å². The number of ketones is 1. The third-order valence-corrected chi connectivity index (χ3v) is 4.97. The maximum absolute atomic E-state index is 14.5. The van der Waals surface area contributed by atoms with E-state index in [1.807, 2.05) is 4.90 Å². The van der Waals surface area contributed by atoms with Crippen molar-refractivity contribution in [3.05, 3.63) is 87.9 Å². The fraction of sp³-hybridized carbons (Fsp3) is 0.174. The Morgan fingerprint density at radius 3 is 2.48 bits per heavy atom. The Morgan fingerprint density at radius 2 is 1.81 bits per heavy atom. The monoisotopic (exact) mass is 422 g/mol. The third-order valence-electron chi connectivity index (χ3n) is 4.97. The van der Waals surface area contributed by atoms with Crippen molar-refractivity contribution in [3.8, 4) is 11.3 Å². The van der Waals surface area contributed by atoms with Crippen LogP contribution in [0.2, 0.25) is 0 Å². The number of furan rings is 1. The zero-order chi connectivity index (χ0) is 21.8. The Bertz CT molecular complexity index is 1130. The lowest BCUT2D eigenvalue weighted by Gasteiger charge is -2.29. The van der Waals surface area contributed by atoms with Crippen LogP contribution >= 0.6 is 0 Å². The van der Waals surface area contributed by atoms with E-state index in [9.17, 15) is 19.3 Å². The summed E-state index contributed by atoms with van der Waals surface area (Å²) in [5.41, 5.74) is 1.38. The van der Waals surface area contributed by atoms with Crippen LogP contribution in [0.3, 0.4) is 0 Å². The Labute approximate surface area is 177 Å². The molecule has 0 saturated carbocycles. The number of rotatable bonds is 6. The highest BCUT2D eigenvalue weighted by atomic mass is 19.1. The largest absolute Gasteiger partial charge is 0.457 e. The predicted molar refractivity (Wildman–Crippen MR) is 114 cm³/mol. The van der Waals surface area contributed by atoms with Gasteiger partial charge in [0.15, 0.2) is 5.78 Å². The van der Waals surface area contributed by atoms with Crippen molar-refractivity contribution < 1.29 is 23.3 Å². The molecule has 0 aliphatic carbocycles. The van der Waals surface area contributed by atoms with E-state index in [1.54, 1.807) is 36.4 Å². The molecule has 1 fully saturated rings. The Kier molecular flexibility index (Phi) is 5.90. The molecule has 0 spiro atoms. The molecular formula is C23H19FN2O5. The Hall–Kier alpha value is -3.78. The average Bonchev–Trinajstić information content (AvgIpc) is 3.27. The highest BCUT2D eigenvalue weighted by Crippen LogP contribution is 2.25. The number of hydrogen-bond donors (Lipinski definition) is 0. The molecule has 0 atom stereocenters. The molecule has 1 aliphatic rings. The quantitative estimate of drug-likeness (QED) is 0.247. The second-order valence-corrected chi connectivity index (χ2v) is 6.97. The molecule has 1 aliphatic heterocycles. The molecule has 1 aromatic heterocycles. The van der Waals surface area contributed by atoms with Crippen LogP contribution in [-0.2, 0) is 4.74 Å². The van der Waals surface area contributed by atoms with Crippen LogP contribution < -0.4 is 4.90 Å². The first-order valence-electron chi connectivity index (χ1n) is 9.70. The van der Waals surface area contributed by atoms with Crippen LogP contribution in [0.1, 0.15) is 16.1 Å². The molecular weight excluding hydrogens is 403 g/mol. The van der Waals surface area contributed by atoms with E-state index >= 15 is 0 Å². The molecule has 3 aromatic rings. The third kappa shape index (κ3) is 4.70. The summed E-state index contributed by atoms with van der Waals surface area (Å²) in [5.74, 6) is 0.162. The van der Waals surface area contributed by atoms with Crippen LogP contribution in [0.4, 0.5) is 15.8 Å². The first-order valence-corrected chi connectivity index (χ1v) is 9.70. The number of nitrogens with zero attached hydrogens (tertiary/aromatic N) is 2. The highest BCUT2D eigenvalue weighted by molar-refractivity contribution is 6.06. The lowest BCUT2D eigenvalue weighted by Crippen LogP contribution is -2.36. The van der Waals surface area contributed by atoms with Gasteiger partial charge in [-0.2, -0.15) is 0 Å². The van der Waals surface area contributed by atoms with Gasteiger partial charge in [0.25, 0.3) is 5.69 Å². The van der Waals surface area contributed by atoms with Crippen molar-refractivity contribution in [2.75, 3.05) is 31.2 Å². The van der Waals surface area contributed by atoms with Crippen LogP contribution in [0.5, 0.6) is 0 Å². The maximum Gasteiger partial charge on any atom is 0.269 e. The van der Waals surface area contributed by atoms with E-state index < -0.39 is 10.7 Å². The molecule has 0 bridgehead atoms. The minimum Gasteiger partial charge on any atom is -0.457 e. The first kappa shape index (κ1) is 20.5. The number of hydrogen-bond acceptors (Lipinski definition) is 6. The Balaban J connectivity index is 1.44. The number of carbonyl (C=O) groups excluding carboxylic acids is 1. The average molecular weight is 422 g/mol. The fourth-order valence-corrected chi connectivity index (χ4v) is 3.32. The van der Waals surface area contributed by atoms with Gasteiger partial charge >= 0.3 is 0 Å². The van der Waals surface area contributed by atoms with Crippen LogP contribution in [-0.4, -0.2) is 37.0 Å². The van der Waals surface area contributed by atoms with Gasteiger partial charge in [0.2, 0.25) is 0 Å². The number of benzene rings is 2. The summed E-state index contributed by atoms with van der Waals surface area (Å²) in [6, 6.07) is 13.8. The van der Waals surface area contributed by atoms with Crippen molar-refractivity contribution in [1.82, 2.24) is 0 Å². The number of nitro groups is 1. The van der Waals surface area contributed by atoms with Gasteiger partial charge in [0, 0.05) is 36.3 Å². The number of halogens is 1. The predicted octanol–water partition coefficient (Wildman–Crippen LogP) is 4.73. The van der Waals surface area contributed by atoms with E-state index in [2.05, 4.69) is 0 Å². The van der Waals surface area contributed by atoms with E-state index in [-0.39, 0.29) is 17.0 Å². The Morgan fingerprint density at radius 1 is 1.06 bits per heavy atom. The number of ether oxygens (including phenoxy) is 1. The van der Waals surface area contributed by atoms with Gasteiger partial charge in [-0.1, -0.05) is 0 Å². The van der Waals surface area contributed by atoms with Crippen LogP contribution in [0.25, 0.3) is 17.4 Å². The van der Waals surface area contributed by atoms with Crippen molar-refractivity contribution in [2.45, 2.75) is 0 Å². The minimum absolute atomic E-state index is 0.00658. The summed E-state index contributed by atoms with van der Waals surface area (Å²) in [6.07, 6.45) is 2.83. The second kappa shape index (κ2) is 8.93. The molecule has 0 unspecified atom stereocenters. The molecule has 4 rings (SSSR count). The van der Waals surface area contributed by atoms with Gasteiger partial charge in [-0.25, -0.2) is 4.39 Å². The summed E-state index contributed by atoms with van der Waals surface area (Å²) >= 11 is 0. The van der Waals surface area contributed by atoms with E-state index in [0.29, 0.717) is 49.1 Å². The van der Waals surface area contributed by atoms with Crippen molar-refractivity contribution in [1.29, 1.82) is 0 Å². The van der Waals surface area contributed by atoms with E-state index in [4.69, 9.17) is 9.15 Å². The zero-order valence-electron chi connectivity index (χ0n) is 16.5. The summed E-state index contributed by atoms with van der Waals surface area (Å²) in [7, 11) is 0. The molecule has 2 heterocycles. The van der Waals surface area contributed by atoms with Crippen molar-refractivity contribution in [2.24, 2.45) is 0 Å². The fourth-order valence-electron chi connectivity index (χ4n) is 3.32. The number of anilines is 1. The molecule has 0 radical (unpaired) electrons. The van der Waals surface area contributed by atoms with E-state index in [1.165, 1.54) is 30.4 Å². The molecule has 0 N–H and O–H groups in total. The smallest absolute Gasteiger partial charge is 0.269 e. The van der Waals surface area contributed by atoms with Gasteiger partial charge < -0.3 is 14.1 Å². The lowest BCUT2D eigenvalue weighted by molar-refractivity contribution is -0.384. The molecule has 1 saturated heterocycles. The van der Waals surface area contributed by atoms with Crippen molar-refractivity contribution >= 4 is 23.2 Å². The molecule has 8 heteroatoms. The number of morpholine rings is 1. The molecule has 31 heavy (non-hydrogen) atoms. The maximum atomic E-state index is 14.5. The van der Waals surface area contributed by atoms with Gasteiger partial charge in [-0.15, -0.1) is 0 Å². The van der Waals surface area contributed by atoms with Crippen LogP contribution in [0.15, 0.2) is 65.1 Å². The normalized spacial score (nSPS) is 14.2. The SMILES string of the molecule is O=C(/C=C\c1ccc(-c2ccc([N+](=O)[O-])cc2)o1)c1ccc(N2CCOCC2)c(F)c1. The number of non-ortho nitro benzene ring substituents is 1. The summed E-state index contributed by atoms with van der Waals surface area (Å²) in [4.78, 5) is 24.6. The second-order valence-electron chi connectivity index (χ2n) is 6.97. The van der Waals surface area contributed by atoms with Gasteiger partial charge in [-0.3, -0.25) is 14.9 Å². The first-order chi connectivity index (χ1) is 15.0. The van der Waals surface area contributed by atoms with Crippen molar-refractivity contribution in [3.63, 3.8) is 0 Å². The summed E-state index contributed by atoms with van der Waals surface area (Å²) < 4.78 is 25.5. The molecule has 2 aromatic carbocycles. The molecule has 158 valence electrons. The lowest BCUT2D eigenvalue weighted by atomic mass is 10.1. The number of allylic oxidation sites excluding steroid dienone is 1. The van der Waals surface area contributed by atoms with Gasteiger partial charge in [-0.05, 0) is 54.6 Å². The number of carbonyl (C=O) groups is 1. The topological polar surface area (TPSA) is 85.8 Å². The standard InChI is InChI=1S/C23H19FN2O5/c24-20-15-17(3-8-21(20)25-11-13-30-14-12-25)22(27)9-6-19-7-10-23(31-19)16-1-4-18(5-2-16)26(28)29/h1-10,15H,11-14H2/b9-6-. The summed E-state index contributed by atoms with van der Waals surface area (Å²) in [5, 5.41) is 10.7. The molecule has 7 nitrogen and oxygen atoms in total. The molecule has 0 amide bonds. The minimum atomic E-state index is -0.470. The van der Waals surface area contributed by atoms with Gasteiger partial charge in [0.05, 0.1) is 23.8 Å². The van der Waals surface area contributed by atoms with E-state index in [0.717, 1.165) is 0 Å². The number of nitro benzene ring substituents is 1. The zero-order valence-corrected chi connectivity index (χ0v) is 16.5. The van der Waals surface area contributed by atoms with Gasteiger partial charge in [0.1, 0.15) is 17.3 Å². The highest BCUT2D eigenvalue weighted by Gasteiger charge is 2.16.